The number of fused-ring (bicyclic) bond motifs is 1. The van der Waals surface area contributed by atoms with Gasteiger partial charge in [0.2, 0.25) is 5.91 Å². The van der Waals surface area contributed by atoms with Crippen molar-refractivity contribution in [1.29, 1.82) is 0 Å². The van der Waals surface area contributed by atoms with E-state index in [1.807, 2.05) is 31.4 Å². The molecule has 2 aromatic carbocycles. The van der Waals surface area contributed by atoms with Crippen molar-refractivity contribution in [1.82, 2.24) is 20.0 Å². The van der Waals surface area contributed by atoms with E-state index in [9.17, 15) is 9.18 Å². The third kappa shape index (κ3) is 5.51. The van der Waals surface area contributed by atoms with Gasteiger partial charge in [0.25, 0.3) is 0 Å². The van der Waals surface area contributed by atoms with Gasteiger partial charge in [-0.25, -0.2) is 4.39 Å². The van der Waals surface area contributed by atoms with Crippen molar-refractivity contribution < 1.29 is 9.18 Å². The third-order valence-electron chi connectivity index (χ3n) is 5.73. The van der Waals surface area contributed by atoms with Crippen LogP contribution in [0.1, 0.15) is 35.2 Å². The predicted octanol–water partition coefficient (Wildman–Crippen LogP) is 3.92. The molecule has 166 valence electrons. The van der Waals surface area contributed by atoms with Gasteiger partial charge in [-0.3, -0.25) is 14.4 Å². The van der Waals surface area contributed by atoms with Crippen LogP contribution in [0.4, 0.5) is 4.39 Å². The molecule has 6 heteroatoms. The fourth-order valence-corrected chi connectivity index (χ4v) is 4.28. The molecule has 0 bridgehead atoms. The van der Waals surface area contributed by atoms with E-state index >= 15 is 0 Å². The smallest absolute Gasteiger partial charge is 0.230 e. The highest BCUT2D eigenvalue weighted by molar-refractivity contribution is 5.84. The molecular weight excluding hydrogens is 403 g/mol. The van der Waals surface area contributed by atoms with Crippen molar-refractivity contribution >= 4 is 12.0 Å². The zero-order valence-corrected chi connectivity index (χ0v) is 18.6. The highest BCUT2D eigenvalue weighted by Crippen LogP contribution is 2.28. The summed E-state index contributed by atoms with van der Waals surface area (Å²) in [5.41, 5.74) is 5.40. The Morgan fingerprint density at radius 1 is 1.19 bits per heavy atom. The first kappa shape index (κ1) is 22.0. The number of aromatic nitrogens is 2. The number of rotatable bonds is 7. The van der Waals surface area contributed by atoms with E-state index in [1.165, 1.54) is 23.3 Å². The Hall–Kier alpha value is -3.25. The molecule has 0 saturated carbocycles. The second kappa shape index (κ2) is 9.92. The second-order valence-electron chi connectivity index (χ2n) is 8.50. The molecule has 2 heterocycles. The fraction of sp³-hybridized carbons (Fsp3) is 0.308. The number of benzene rings is 2. The number of hydrogen-bond acceptors (Lipinski definition) is 3. The summed E-state index contributed by atoms with van der Waals surface area (Å²) in [6, 6.07) is 16.7. The lowest BCUT2D eigenvalue weighted by Crippen LogP contribution is -2.42. The average Bonchev–Trinajstić information content (AvgIpc) is 3.15. The Labute approximate surface area is 188 Å². The highest BCUT2D eigenvalue weighted by Gasteiger charge is 2.33. The van der Waals surface area contributed by atoms with Gasteiger partial charge < -0.3 is 5.32 Å². The summed E-state index contributed by atoms with van der Waals surface area (Å²) in [6.45, 7) is 4.84. The minimum atomic E-state index is -0.308. The lowest BCUT2D eigenvalue weighted by Gasteiger charge is -2.31. The molecule has 0 aliphatic carbocycles. The second-order valence-corrected chi connectivity index (χ2v) is 8.50. The van der Waals surface area contributed by atoms with Crippen LogP contribution < -0.4 is 5.32 Å². The highest BCUT2D eigenvalue weighted by atomic mass is 19.1. The van der Waals surface area contributed by atoms with Crippen molar-refractivity contribution in [2.24, 2.45) is 7.05 Å². The molecule has 0 spiro atoms. The summed E-state index contributed by atoms with van der Waals surface area (Å²) in [7, 11) is 1.90. The van der Waals surface area contributed by atoms with Crippen LogP contribution in [-0.4, -0.2) is 40.2 Å². The summed E-state index contributed by atoms with van der Waals surface area (Å²) in [5.74, 6) is -0.571. The Morgan fingerprint density at radius 2 is 1.94 bits per heavy atom. The molecule has 4 rings (SSSR count). The Morgan fingerprint density at radius 3 is 2.69 bits per heavy atom. The number of halogens is 1. The molecule has 1 atom stereocenters. The maximum absolute atomic E-state index is 13.1. The fourth-order valence-electron chi connectivity index (χ4n) is 4.28. The van der Waals surface area contributed by atoms with Crippen LogP contribution in [0.25, 0.3) is 6.08 Å². The van der Waals surface area contributed by atoms with E-state index in [1.54, 1.807) is 16.8 Å². The molecule has 1 unspecified atom stereocenters. The summed E-state index contributed by atoms with van der Waals surface area (Å²) < 4.78 is 14.9. The lowest BCUT2D eigenvalue weighted by atomic mass is 9.95. The Balaban J connectivity index is 1.41. The molecule has 5 nitrogen and oxygen atoms in total. The van der Waals surface area contributed by atoms with Crippen molar-refractivity contribution in [3.05, 3.63) is 94.6 Å². The van der Waals surface area contributed by atoms with E-state index in [2.05, 4.69) is 40.4 Å². The SMILES string of the molecule is C/C(=C\c1ccccc1)CN1Cc2cn(C)nc2C(C(=O)NCCc2ccc(F)cc2)C1. The minimum absolute atomic E-state index is 0.0125. The van der Waals surface area contributed by atoms with Crippen molar-refractivity contribution in [2.45, 2.75) is 25.8 Å². The molecule has 1 amide bonds. The van der Waals surface area contributed by atoms with Crippen LogP contribution in [0.15, 0.2) is 66.4 Å². The number of nitrogens with zero attached hydrogens (tertiary/aromatic N) is 3. The molecule has 1 aromatic heterocycles. The zero-order valence-electron chi connectivity index (χ0n) is 18.6. The minimum Gasteiger partial charge on any atom is -0.355 e. The van der Waals surface area contributed by atoms with E-state index in [0.29, 0.717) is 19.5 Å². The Kier molecular flexibility index (Phi) is 6.81. The van der Waals surface area contributed by atoms with E-state index in [4.69, 9.17) is 0 Å². The van der Waals surface area contributed by atoms with Crippen LogP contribution in [0.3, 0.4) is 0 Å². The average molecular weight is 433 g/mol. The van der Waals surface area contributed by atoms with Crippen molar-refractivity contribution in [2.75, 3.05) is 19.6 Å². The van der Waals surface area contributed by atoms with Crippen LogP contribution in [0.2, 0.25) is 0 Å². The largest absolute Gasteiger partial charge is 0.355 e. The molecule has 0 fully saturated rings. The van der Waals surface area contributed by atoms with Crippen LogP contribution >= 0.6 is 0 Å². The summed E-state index contributed by atoms with van der Waals surface area (Å²) in [6.07, 6.45) is 4.86. The molecule has 32 heavy (non-hydrogen) atoms. The van der Waals surface area contributed by atoms with Crippen LogP contribution in [0, 0.1) is 5.82 Å². The van der Waals surface area contributed by atoms with Crippen LogP contribution in [0.5, 0.6) is 0 Å². The number of amides is 1. The maximum Gasteiger partial charge on any atom is 0.230 e. The number of hydrogen-bond donors (Lipinski definition) is 1. The van der Waals surface area contributed by atoms with Gasteiger partial charge in [-0.15, -0.1) is 0 Å². The number of carbonyl (C=O) groups excluding carboxylic acids is 1. The van der Waals surface area contributed by atoms with Gasteiger partial charge in [-0.2, -0.15) is 5.10 Å². The molecule has 0 radical (unpaired) electrons. The van der Waals surface area contributed by atoms with Gasteiger partial charge in [-0.1, -0.05) is 54.1 Å². The van der Waals surface area contributed by atoms with Gasteiger partial charge >= 0.3 is 0 Å². The van der Waals surface area contributed by atoms with Gasteiger partial charge in [-0.05, 0) is 36.6 Å². The maximum atomic E-state index is 13.1. The van der Waals surface area contributed by atoms with Crippen molar-refractivity contribution in [3.63, 3.8) is 0 Å². The van der Waals surface area contributed by atoms with E-state index in [-0.39, 0.29) is 17.6 Å². The molecular formula is C26H29FN4O. The first-order valence-electron chi connectivity index (χ1n) is 11.0. The summed E-state index contributed by atoms with van der Waals surface area (Å²) >= 11 is 0. The quantitative estimate of drug-likeness (QED) is 0.616. The van der Waals surface area contributed by atoms with Crippen molar-refractivity contribution in [3.8, 4) is 0 Å². The van der Waals surface area contributed by atoms with Gasteiger partial charge in [0, 0.05) is 45.0 Å². The molecule has 1 aliphatic rings. The Bertz CT molecular complexity index is 1090. The van der Waals surface area contributed by atoms with E-state index < -0.39 is 0 Å². The van der Waals surface area contributed by atoms with Gasteiger partial charge in [0.15, 0.2) is 0 Å². The summed E-state index contributed by atoms with van der Waals surface area (Å²) in [5, 5.41) is 7.64. The summed E-state index contributed by atoms with van der Waals surface area (Å²) in [4.78, 5) is 15.4. The monoisotopic (exact) mass is 432 g/mol. The third-order valence-corrected chi connectivity index (χ3v) is 5.73. The van der Waals surface area contributed by atoms with E-state index in [0.717, 1.165) is 29.9 Å². The normalized spacial score (nSPS) is 16.6. The topological polar surface area (TPSA) is 50.2 Å². The number of carbonyl (C=O) groups is 1. The molecule has 1 aliphatic heterocycles. The molecule has 1 N–H and O–H groups in total. The number of aryl methyl sites for hydroxylation is 1. The van der Waals surface area contributed by atoms with Gasteiger partial charge in [0.05, 0.1) is 11.6 Å². The number of nitrogens with one attached hydrogen (secondary N) is 1. The molecule has 3 aromatic rings. The first-order valence-corrected chi connectivity index (χ1v) is 11.0. The predicted molar refractivity (Wildman–Crippen MR) is 124 cm³/mol. The lowest BCUT2D eigenvalue weighted by molar-refractivity contribution is -0.123. The van der Waals surface area contributed by atoms with Gasteiger partial charge in [0.1, 0.15) is 5.82 Å². The zero-order chi connectivity index (χ0) is 22.5. The first-order chi connectivity index (χ1) is 15.5. The van der Waals surface area contributed by atoms with Crippen LogP contribution in [-0.2, 0) is 24.8 Å². The molecule has 0 saturated heterocycles. The standard InChI is InChI=1S/C26H29FN4O/c1-19(14-21-6-4-3-5-7-21)15-31-17-22-16-30(2)29-25(22)24(18-31)26(32)28-13-12-20-8-10-23(27)11-9-20/h3-11,14,16,24H,12-13,15,17-18H2,1-2H3,(H,28,32)/b19-14+.